The molecule has 1 atom stereocenters. The van der Waals surface area contributed by atoms with E-state index in [0.29, 0.717) is 35.0 Å². The molecule has 0 spiro atoms. The van der Waals surface area contributed by atoms with Gasteiger partial charge in [0.2, 0.25) is 12.2 Å². The van der Waals surface area contributed by atoms with Crippen LogP contribution in [0, 0.1) is 11.2 Å². The first-order valence-corrected chi connectivity index (χ1v) is 11.8. The van der Waals surface area contributed by atoms with Gasteiger partial charge in [0, 0.05) is 24.9 Å². The molecule has 4 heterocycles. The van der Waals surface area contributed by atoms with E-state index in [-0.39, 0.29) is 37.1 Å². The van der Waals surface area contributed by atoms with E-state index in [1.54, 1.807) is 31.3 Å². The van der Waals surface area contributed by atoms with Crippen LogP contribution >= 0.6 is 0 Å². The summed E-state index contributed by atoms with van der Waals surface area (Å²) in [5.41, 5.74) is 1.49. The van der Waals surface area contributed by atoms with Gasteiger partial charge in [0.1, 0.15) is 5.82 Å². The summed E-state index contributed by atoms with van der Waals surface area (Å²) in [7, 11) is 1.48. The first-order valence-electron chi connectivity index (χ1n) is 11.8. The van der Waals surface area contributed by atoms with E-state index in [0.717, 1.165) is 19.4 Å². The molecule has 5 rings (SSSR count). The Morgan fingerprint density at radius 2 is 1.97 bits per heavy atom. The van der Waals surface area contributed by atoms with Crippen LogP contribution in [0.15, 0.2) is 36.5 Å². The third-order valence-electron chi connectivity index (χ3n) is 6.30. The molecule has 1 unspecified atom stereocenters. The van der Waals surface area contributed by atoms with E-state index < -0.39 is 11.7 Å². The number of H-pyrrole nitrogens is 1. The molecule has 10 nitrogen and oxygen atoms in total. The second kappa shape index (κ2) is 10.3. The highest BCUT2D eigenvalue weighted by atomic mass is 19.1. The number of nitrogens with zero attached hydrogens (tertiary/aromatic N) is 3. The zero-order valence-electron chi connectivity index (χ0n) is 20.1. The van der Waals surface area contributed by atoms with Crippen LogP contribution in [0.4, 0.5) is 4.39 Å². The number of aromatic nitrogens is 4. The topological polar surface area (TPSA) is 120 Å². The van der Waals surface area contributed by atoms with Crippen LogP contribution in [0.5, 0.6) is 6.01 Å². The molecule has 2 saturated heterocycles. The Morgan fingerprint density at radius 3 is 2.67 bits per heavy atom. The number of carbonyl (C=O) groups excluding carboxylic acids is 1. The van der Waals surface area contributed by atoms with Gasteiger partial charge in [-0.2, -0.15) is 4.98 Å². The molecule has 2 fully saturated rings. The Labute approximate surface area is 207 Å². The number of nitrogens with one attached hydrogen (secondary N) is 2. The highest BCUT2D eigenvalue weighted by molar-refractivity contribution is 5.82. The maximum absolute atomic E-state index is 13.6. The van der Waals surface area contributed by atoms with Crippen molar-refractivity contribution < 1.29 is 28.1 Å². The standard InChI is InChI=1S/C25H28FN5O5/c1-25(23(32)28-12-17-4-3-11-34-17)13-35-22(36-14-25)21-30-19(15-5-7-16(26)8-6-15)20(31-21)18-9-10-27-24(29-18)33-2/h5-10,17,22H,3-4,11-14H2,1-2H3,(H,28,32)(H,30,31). The summed E-state index contributed by atoms with van der Waals surface area (Å²) < 4.78 is 36.2. The van der Waals surface area contributed by atoms with Crippen LogP contribution in [0.3, 0.4) is 0 Å². The minimum absolute atomic E-state index is 0.0579. The number of imidazole rings is 1. The number of carbonyl (C=O) groups is 1. The summed E-state index contributed by atoms with van der Waals surface area (Å²) in [6.07, 6.45) is 2.77. The maximum atomic E-state index is 13.6. The molecule has 0 aliphatic carbocycles. The van der Waals surface area contributed by atoms with E-state index in [1.807, 2.05) is 0 Å². The first-order chi connectivity index (χ1) is 17.4. The fraction of sp³-hybridized carbons (Fsp3) is 0.440. The Morgan fingerprint density at radius 1 is 1.19 bits per heavy atom. The number of halogens is 1. The summed E-state index contributed by atoms with van der Waals surface area (Å²) in [4.78, 5) is 29.2. The largest absolute Gasteiger partial charge is 0.467 e. The molecule has 2 N–H and O–H groups in total. The van der Waals surface area contributed by atoms with Crippen molar-refractivity contribution in [2.75, 3.05) is 33.5 Å². The highest BCUT2D eigenvalue weighted by Crippen LogP contribution is 2.35. The predicted molar refractivity (Wildman–Crippen MR) is 126 cm³/mol. The SMILES string of the molecule is COc1nccc(-c2[nH]c(C3OCC(C)(C(=O)NCC4CCCO4)CO3)nc2-c2ccc(F)cc2)n1. The fourth-order valence-electron chi connectivity index (χ4n) is 4.21. The van der Waals surface area contributed by atoms with Crippen LogP contribution < -0.4 is 10.1 Å². The van der Waals surface area contributed by atoms with Gasteiger partial charge in [-0.15, -0.1) is 0 Å². The van der Waals surface area contributed by atoms with Crippen molar-refractivity contribution >= 4 is 5.91 Å². The van der Waals surface area contributed by atoms with Crippen molar-refractivity contribution in [2.45, 2.75) is 32.2 Å². The van der Waals surface area contributed by atoms with Crippen LogP contribution in [-0.2, 0) is 19.0 Å². The van der Waals surface area contributed by atoms with Gasteiger partial charge in [0.25, 0.3) is 0 Å². The van der Waals surface area contributed by atoms with Crippen molar-refractivity contribution in [3.63, 3.8) is 0 Å². The number of ether oxygens (including phenoxy) is 4. The van der Waals surface area contributed by atoms with Crippen molar-refractivity contribution in [1.29, 1.82) is 0 Å². The summed E-state index contributed by atoms with van der Waals surface area (Å²) >= 11 is 0. The van der Waals surface area contributed by atoms with E-state index in [9.17, 15) is 9.18 Å². The molecule has 3 aromatic rings. The lowest BCUT2D eigenvalue weighted by atomic mass is 9.91. The molecule has 11 heteroatoms. The summed E-state index contributed by atoms with van der Waals surface area (Å²) in [5, 5.41) is 2.96. The van der Waals surface area contributed by atoms with Crippen LogP contribution in [0.25, 0.3) is 22.6 Å². The Kier molecular flexibility index (Phi) is 6.95. The zero-order chi connectivity index (χ0) is 25.1. The molecule has 2 aliphatic heterocycles. The Bertz CT molecular complexity index is 1200. The fourth-order valence-corrected chi connectivity index (χ4v) is 4.21. The summed E-state index contributed by atoms with van der Waals surface area (Å²) in [5.74, 6) is -0.0869. The quantitative estimate of drug-likeness (QED) is 0.511. The minimum atomic E-state index is -0.843. The van der Waals surface area contributed by atoms with E-state index in [4.69, 9.17) is 23.9 Å². The van der Waals surface area contributed by atoms with Crippen molar-refractivity contribution in [3.8, 4) is 28.7 Å². The number of benzene rings is 1. The number of hydrogen-bond acceptors (Lipinski definition) is 8. The van der Waals surface area contributed by atoms with Gasteiger partial charge in [-0.25, -0.2) is 14.4 Å². The molecule has 36 heavy (non-hydrogen) atoms. The van der Waals surface area contributed by atoms with Gasteiger partial charge in [0.05, 0.1) is 48.9 Å². The molecule has 0 bridgehead atoms. The van der Waals surface area contributed by atoms with E-state index in [2.05, 4.69) is 20.3 Å². The number of hydrogen-bond donors (Lipinski definition) is 2. The van der Waals surface area contributed by atoms with Crippen molar-refractivity contribution in [2.24, 2.45) is 5.41 Å². The maximum Gasteiger partial charge on any atom is 0.316 e. The van der Waals surface area contributed by atoms with Crippen molar-refractivity contribution in [3.05, 3.63) is 48.2 Å². The zero-order valence-corrected chi connectivity index (χ0v) is 20.1. The van der Waals surface area contributed by atoms with E-state index >= 15 is 0 Å². The number of amides is 1. The lowest BCUT2D eigenvalue weighted by molar-refractivity contribution is -0.231. The molecule has 1 aromatic carbocycles. The number of rotatable bonds is 7. The molecule has 2 aliphatic rings. The van der Waals surface area contributed by atoms with Crippen molar-refractivity contribution in [1.82, 2.24) is 25.3 Å². The molecule has 1 amide bonds. The monoisotopic (exact) mass is 497 g/mol. The molecular weight excluding hydrogens is 469 g/mol. The Balaban J connectivity index is 1.35. The minimum Gasteiger partial charge on any atom is -0.467 e. The van der Waals surface area contributed by atoms with Crippen LogP contribution in [-0.4, -0.2) is 65.4 Å². The van der Waals surface area contributed by atoms with Gasteiger partial charge in [0.15, 0.2) is 5.82 Å². The average Bonchev–Trinajstić information content (AvgIpc) is 3.59. The molecule has 0 radical (unpaired) electrons. The first kappa shape index (κ1) is 24.3. The van der Waals surface area contributed by atoms with Gasteiger partial charge in [-0.05, 0) is 50.1 Å². The number of aromatic amines is 1. The lowest BCUT2D eigenvalue weighted by Gasteiger charge is -2.35. The molecule has 0 saturated carbocycles. The second-order valence-corrected chi connectivity index (χ2v) is 9.14. The van der Waals surface area contributed by atoms with Gasteiger partial charge in [-0.3, -0.25) is 4.79 Å². The third-order valence-corrected chi connectivity index (χ3v) is 6.30. The summed E-state index contributed by atoms with van der Waals surface area (Å²) in [6.45, 7) is 3.32. The smallest absolute Gasteiger partial charge is 0.316 e. The highest BCUT2D eigenvalue weighted by Gasteiger charge is 2.41. The molecule has 2 aromatic heterocycles. The molecular formula is C25H28FN5O5. The third kappa shape index (κ3) is 5.08. The second-order valence-electron chi connectivity index (χ2n) is 9.14. The van der Waals surface area contributed by atoms with Crippen LogP contribution in [0.2, 0.25) is 0 Å². The normalized spacial score (nSPS) is 24.0. The van der Waals surface area contributed by atoms with Crippen LogP contribution in [0.1, 0.15) is 31.9 Å². The lowest BCUT2D eigenvalue weighted by Crippen LogP contribution is -2.49. The Hall–Kier alpha value is -3.41. The van der Waals surface area contributed by atoms with E-state index in [1.165, 1.54) is 19.2 Å². The average molecular weight is 498 g/mol. The van der Waals surface area contributed by atoms with Gasteiger partial charge in [-0.1, -0.05) is 0 Å². The molecule has 190 valence electrons. The predicted octanol–water partition coefficient (Wildman–Crippen LogP) is 3.03. The number of methoxy groups -OCH3 is 1. The van der Waals surface area contributed by atoms with Gasteiger partial charge >= 0.3 is 6.01 Å². The van der Waals surface area contributed by atoms with Gasteiger partial charge < -0.3 is 29.2 Å². The summed E-state index contributed by atoms with van der Waals surface area (Å²) in [6, 6.07) is 7.91.